The van der Waals surface area contributed by atoms with Gasteiger partial charge in [0.1, 0.15) is 38.1 Å². The number of esters is 7. The summed E-state index contributed by atoms with van der Waals surface area (Å²) < 4.78 is 67.7. The van der Waals surface area contributed by atoms with E-state index in [1.165, 1.54) is 0 Å². The highest BCUT2D eigenvalue weighted by Crippen LogP contribution is 2.44. The van der Waals surface area contributed by atoms with E-state index in [1.54, 1.807) is 0 Å². The fraction of sp³-hybridized carbons (Fsp3) is 0.523. The maximum atomic E-state index is 13.2. The van der Waals surface area contributed by atoms with Crippen molar-refractivity contribution in [3.8, 4) is 11.1 Å². The van der Waals surface area contributed by atoms with Gasteiger partial charge in [-0.25, -0.2) is 9.59 Å². The van der Waals surface area contributed by atoms with Crippen molar-refractivity contribution in [3.63, 3.8) is 0 Å². The van der Waals surface area contributed by atoms with Gasteiger partial charge in [0.2, 0.25) is 0 Å². The molecule has 11 atom stereocenters. The molecule has 67 heavy (non-hydrogen) atoms. The number of rotatable bonds is 18. The Balaban J connectivity index is 1.43. The summed E-state index contributed by atoms with van der Waals surface area (Å²) in [4.78, 5) is 112. The molecule has 1 amide bonds. The quantitative estimate of drug-likeness (QED) is 0.158. The predicted octanol–water partition coefficient (Wildman–Crippen LogP) is 1.61. The van der Waals surface area contributed by atoms with E-state index < -0.39 is 141 Å². The van der Waals surface area contributed by atoms with Crippen LogP contribution in [0.5, 0.6) is 0 Å². The molecule has 0 unspecified atom stereocenters. The number of hydrogen-bond donors (Lipinski definition) is 2. The van der Waals surface area contributed by atoms with E-state index in [4.69, 9.17) is 56.8 Å². The van der Waals surface area contributed by atoms with Crippen LogP contribution in [0, 0.1) is 0 Å². The second-order valence-corrected chi connectivity index (χ2v) is 15.4. The first-order valence-electron chi connectivity index (χ1n) is 20.8. The van der Waals surface area contributed by atoms with Crippen molar-refractivity contribution >= 4 is 53.8 Å². The Morgan fingerprint density at radius 3 is 1.42 bits per heavy atom. The summed E-state index contributed by atoms with van der Waals surface area (Å²) in [6.07, 6.45) is -18.6. The summed E-state index contributed by atoms with van der Waals surface area (Å²) in [5, 5.41) is 12.4. The van der Waals surface area contributed by atoms with Gasteiger partial charge in [-0.15, -0.1) is 0 Å². The number of alkyl carbamates (subject to hydrolysis) is 1. The number of hydrogen-bond acceptors (Lipinski definition) is 21. The molecule has 2 aromatic carbocycles. The van der Waals surface area contributed by atoms with E-state index in [-0.39, 0.29) is 12.5 Å². The van der Waals surface area contributed by atoms with Gasteiger partial charge in [0.25, 0.3) is 0 Å². The van der Waals surface area contributed by atoms with Gasteiger partial charge in [0.05, 0.1) is 6.61 Å². The molecule has 2 saturated heterocycles. The molecule has 2 aliphatic heterocycles. The summed E-state index contributed by atoms with van der Waals surface area (Å²) in [7, 11) is 0. The minimum Gasteiger partial charge on any atom is -0.480 e. The van der Waals surface area contributed by atoms with Crippen molar-refractivity contribution in [3.05, 3.63) is 59.7 Å². The monoisotopic (exact) mass is 945 g/mol. The Kier molecular flexibility index (Phi) is 17.7. The molecule has 0 bridgehead atoms. The molecular weight excluding hydrogens is 894 g/mol. The Labute approximate surface area is 382 Å². The minimum absolute atomic E-state index is 0.157. The van der Waals surface area contributed by atoms with Crippen LogP contribution in [-0.2, 0) is 95.2 Å². The van der Waals surface area contributed by atoms with Gasteiger partial charge in [-0.1, -0.05) is 48.5 Å². The lowest BCUT2D eigenvalue weighted by Gasteiger charge is -2.48. The lowest BCUT2D eigenvalue weighted by atomic mass is 9.96. The van der Waals surface area contributed by atoms with Crippen LogP contribution >= 0.6 is 0 Å². The van der Waals surface area contributed by atoms with Gasteiger partial charge in [-0.3, -0.25) is 33.6 Å². The first-order chi connectivity index (χ1) is 31.7. The zero-order valence-corrected chi connectivity index (χ0v) is 37.4. The number of nitrogens with one attached hydrogen (secondary N) is 1. The number of carboxylic acid groups (broad SMARTS) is 1. The Morgan fingerprint density at radius 2 is 0.940 bits per heavy atom. The van der Waals surface area contributed by atoms with Crippen molar-refractivity contribution in [2.75, 3.05) is 26.4 Å². The third-order valence-electron chi connectivity index (χ3n) is 10.2. The predicted molar refractivity (Wildman–Crippen MR) is 219 cm³/mol. The Hall–Kier alpha value is -6.69. The average molecular weight is 946 g/mol. The molecule has 23 heteroatoms. The number of fused-ring (bicyclic) bond motifs is 3. The summed E-state index contributed by atoms with van der Waals surface area (Å²) in [5.74, 6) is -8.47. The highest BCUT2D eigenvalue weighted by Gasteiger charge is 2.58. The maximum absolute atomic E-state index is 13.2. The molecule has 1 aliphatic carbocycles. The normalized spacial score (nSPS) is 25.7. The number of carbonyl (C=O) groups is 9. The molecule has 364 valence electrons. The molecule has 2 N–H and O–H groups in total. The lowest BCUT2D eigenvalue weighted by Crippen LogP contribution is -2.67. The highest BCUT2D eigenvalue weighted by atomic mass is 16.8. The zero-order valence-electron chi connectivity index (χ0n) is 37.4. The van der Waals surface area contributed by atoms with Gasteiger partial charge < -0.3 is 67.3 Å². The molecule has 5 rings (SSSR count). The van der Waals surface area contributed by atoms with Crippen LogP contribution in [0.1, 0.15) is 65.5 Å². The van der Waals surface area contributed by atoms with Gasteiger partial charge in [-0.05, 0) is 22.3 Å². The second kappa shape index (κ2) is 23.2. The molecular formula is C44H51NO22. The van der Waals surface area contributed by atoms with Crippen molar-refractivity contribution in [1.82, 2.24) is 5.32 Å². The van der Waals surface area contributed by atoms with Gasteiger partial charge in [-0.2, -0.15) is 0 Å². The average Bonchev–Trinajstić information content (AvgIpc) is 3.56. The molecule has 3 aliphatic rings. The fourth-order valence-corrected chi connectivity index (χ4v) is 7.75. The zero-order chi connectivity index (χ0) is 49.1. The van der Waals surface area contributed by atoms with Crippen LogP contribution in [0.3, 0.4) is 0 Å². The number of carbonyl (C=O) groups excluding carboxylic acids is 8. The van der Waals surface area contributed by atoms with Crippen molar-refractivity contribution in [2.24, 2.45) is 0 Å². The lowest BCUT2D eigenvalue weighted by molar-refractivity contribution is -0.361. The van der Waals surface area contributed by atoms with Crippen LogP contribution in [0.15, 0.2) is 48.5 Å². The summed E-state index contributed by atoms with van der Waals surface area (Å²) in [6, 6.07) is 13.3. The highest BCUT2D eigenvalue weighted by molar-refractivity contribution is 5.81. The second-order valence-electron chi connectivity index (χ2n) is 15.4. The summed E-state index contributed by atoms with van der Waals surface area (Å²) >= 11 is 0. The molecule has 2 aromatic rings. The molecule has 0 aromatic heterocycles. The van der Waals surface area contributed by atoms with Crippen LogP contribution in [-0.4, -0.2) is 153 Å². The third kappa shape index (κ3) is 13.7. The Morgan fingerprint density at radius 1 is 0.522 bits per heavy atom. The SMILES string of the molecule is CC(=O)OC[C@@H]1O[C@H](O[C@H]2[C@@H](OC(C)=O)[C@@H](OC(C)=O)[C@@H](OC[C@H](NC(=O)OCC3c4ccccc4-c4ccccc43)C(=O)O)O[C@H]2COC(C)=O)[C@@H](OC(C)=O)[C@H](OC(C)=O)[C@H]1OC(C)=O. The first kappa shape index (κ1) is 51.3. The minimum atomic E-state index is -1.93. The van der Waals surface area contributed by atoms with E-state index in [9.17, 15) is 48.3 Å². The number of amides is 1. The van der Waals surface area contributed by atoms with E-state index in [1.807, 2.05) is 48.5 Å². The van der Waals surface area contributed by atoms with Crippen molar-refractivity contribution in [1.29, 1.82) is 0 Å². The van der Waals surface area contributed by atoms with Gasteiger partial charge in [0.15, 0.2) is 49.1 Å². The summed E-state index contributed by atoms with van der Waals surface area (Å²) in [6.45, 7) is 4.63. The van der Waals surface area contributed by atoms with E-state index >= 15 is 0 Å². The smallest absolute Gasteiger partial charge is 0.407 e. The third-order valence-corrected chi connectivity index (χ3v) is 10.2. The maximum Gasteiger partial charge on any atom is 0.407 e. The fourth-order valence-electron chi connectivity index (χ4n) is 7.75. The standard InChI is InChI=1S/C44H51NO22/c1-20(46)56-18-33-35(60-22(3)48)37(61-23(4)49)40(64-26(7)52)43(66-33)67-36-34(19-57-21(2)47)65-42(39(63-25(6)51)38(36)62-24(5)50)58-17-32(41(53)54)45-44(55)59-16-31-29-14-10-8-12-27(29)28-13-9-11-15-30(28)31/h8-15,31-40,42-43H,16-19H2,1-7H3,(H,45,55)(H,53,54)/t32-,33-,34-,35-,36+,37+,38+,39+,40-,42-,43+/m0/s1. The summed E-state index contributed by atoms with van der Waals surface area (Å²) in [5.41, 5.74) is 3.73. The first-order valence-corrected chi connectivity index (χ1v) is 20.8. The number of ether oxygens (including phenoxy) is 12. The molecule has 2 heterocycles. The molecule has 2 fully saturated rings. The number of aliphatic carboxylic acids is 1. The van der Waals surface area contributed by atoms with Crippen LogP contribution in [0.4, 0.5) is 4.79 Å². The molecule has 0 saturated carbocycles. The molecule has 23 nitrogen and oxygen atoms in total. The van der Waals surface area contributed by atoms with Crippen LogP contribution in [0.2, 0.25) is 0 Å². The molecule has 0 spiro atoms. The number of carboxylic acids is 1. The number of benzene rings is 2. The molecule has 0 radical (unpaired) electrons. The van der Waals surface area contributed by atoms with Crippen LogP contribution in [0.25, 0.3) is 11.1 Å². The van der Waals surface area contributed by atoms with Gasteiger partial charge >= 0.3 is 53.8 Å². The van der Waals surface area contributed by atoms with E-state index in [2.05, 4.69) is 5.32 Å². The van der Waals surface area contributed by atoms with Crippen LogP contribution < -0.4 is 5.32 Å². The Bertz CT molecular complexity index is 2130. The van der Waals surface area contributed by atoms with Gasteiger partial charge in [0, 0.05) is 54.4 Å². The van der Waals surface area contributed by atoms with Crippen molar-refractivity contribution < 1.29 is 105 Å². The van der Waals surface area contributed by atoms with Crippen molar-refractivity contribution in [2.45, 2.75) is 122 Å². The topological polar surface area (TPSA) is 297 Å². The van der Waals surface area contributed by atoms with E-state index in [0.29, 0.717) is 0 Å². The largest absolute Gasteiger partial charge is 0.480 e. The van der Waals surface area contributed by atoms with E-state index in [0.717, 1.165) is 70.7 Å².